The van der Waals surface area contributed by atoms with Crippen molar-refractivity contribution in [3.05, 3.63) is 28.2 Å². The maximum Gasteiger partial charge on any atom is 0.124 e. The molecule has 1 aromatic rings. The number of aliphatic hydroxyl groups is 1. The zero-order valence-corrected chi connectivity index (χ0v) is 10.7. The topological polar surface area (TPSA) is 41.5 Å². The molecule has 2 N–H and O–H groups in total. The number of ether oxygens (including phenoxy) is 1. The maximum absolute atomic E-state index is 10.1. The molecule has 0 bridgehead atoms. The van der Waals surface area contributed by atoms with E-state index in [1.165, 1.54) is 0 Å². The number of halogens is 1. The van der Waals surface area contributed by atoms with Crippen LogP contribution in [0.1, 0.15) is 18.6 Å². The fourth-order valence-corrected chi connectivity index (χ4v) is 1.74. The molecule has 2 unspecified atom stereocenters. The first-order valence-electron chi connectivity index (χ1n) is 4.79. The van der Waals surface area contributed by atoms with Gasteiger partial charge in [0.1, 0.15) is 5.75 Å². The van der Waals surface area contributed by atoms with Gasteiger partial charge in [-0.15, -0.1) is 0 Å². The van der Waals surface area contributed by atoms with Gasteiger partial charge in [-0.25, -0.2) is 0 Å². The first kappa shape index (κ1) is 12.5. The van der Waals surface area contributed by atoms with Crippen LogP contribution in [-0.2, 0) is 0 Å². The lowest BCUT2D eigenvalue weighted by atomic mass is 10.0. The highest BCUT2D eigenvalue weighted by atomic mass is 79.9. The van der Waals surface area contributed by atoms with Crippen molar-refractivity contribution in [2.45, 2.75) is 19.1 Å². The third kappa shape index (κ3) is 2.93. The molecule has 4 heteroatoms. The van der Waals surface area contributed by atoms with Crippen LogP contribution < -0.4 is 10.1 Å². The second kappa shape index (κ2) is 5.49. The van der Waals surface area contributed by atoms with E-state index in [0.717, 1.165) is 10.0 Å². The molecular weight excluding hydrogens is 258 g/mol. The Morgan fingerprint density at radius 2 is 2.13 bits per heavy atom. The number of likely N-dealkylation sites (N-methyl/N-ethyl adjacent to an activating group) is 1. The van der Waals surface area contributed by atoms with Crippen LogP contribution >= 0.6 is 15.9 Å². The minimum Gasteiger partial charge on any atom is -0.496 e. The summed E-state index contributed by atoms with van der Waals surface area (Å²) in [5, 5.41) is 13.1. The van der Waals surface area contributed by atoms with Crippen LogP contribution in [0.2, 0.25) is 0 Å². The van der Waals surface area contributed by atoms with Crippen molar-refractivity contribution in [2.75, 3.05) is 14.2 Å². The molecule has 0 aliphatic carbocycles. The highest BCUT2D eigenvalue weighted by Crippen LogP contribution is 2.29. The fraction of sp³-hybridized carbons (Fsp3) is 0.455. The largest absolute Gasteiger partial charge is 0.496 e. The van der Waals surface area contributed by atoms with Crippen molar-refractivity contribution in [1.29, 1.82) is 0 Å². The van der Waals surface area contributed by atoms with Gasteiger partial charge < -0.3 is 15.2 Å². The van der Waals surface area contributed by atoms with Gasteiger partial charge in [0.05, 0.1) is 13.2 Å². The summed E-state index contributed by atoms with van der Waals surface area (Å²) in [4.78, 5) is 0. The lowest BCUT2D eigenvalue weighted by Crippen LogP contribution is -2.28. The molecule has 0 fully saturated rings. The second-order valence-corrected chi connectivity index (χ2v) is 4.32. The number of aliphatic hydroxyl groups excluding tert-OH is 1. The lowest BCUT2D eigenvalue weighted by Gasteiger charge is -2.20. The Morgan fingerprint density at radius 1 is 1.47 bits per heavy atom. The van der Waals surface area contributed by atoms with Crippen molar-refractivity contribution in [3.63, 3.8) is 0 Å². The molecule has 0 aromatic heterocycles. The van der Waals surface area contributed by atoms with Gasteiger partial charge in [-0.2, -0.15) is 0 Å². The van der Waals surface area contributed by atoms with Gasteiger partial charge in [0, 0.05) is 16.1 Å². The van der Waals surface area contributed by atoms with Gasteiger partial charge in [-0.05, 0) is 32.2 Å². The predicted octanol–water partition coefficient (Wildman–Crippen LogP) is 2.10. The third-order valence-corrected chi connectivity index (χ3v) is 2.93. The molecule has 84 valence electrons. The van der Waals surface area contributed by atoms with Gasteiger partial charge in [0.2, 0.25) is 0 Å². The van der Waals surface area contributed by atoms with Crippen molar-refractivity contribution >= 4 is 15.9 Å². The average Bonchev–Trinajstić information content (AvgIpc) is 2.27. The van der Waals surface area contributed by atoms with Crippen LogP contribution in [0, 0.1) is 0 Å². The van der Waals surface area contributed by atoms with Crippen LogP contribution in [0.15, 0.2) is 22.7 Å². The SMILES string of the molecule is CNC(C)C(O)c1cc(Br)ccc1OC. The van der Waals surface area contributed by atoms with Crippen LogP contribution in [0.25, 0.3) is 0 Å². The number of nitrogens with one attached hydrogen (secondary N) is 1. The average molecular weight is 274 g/mol. The van der Waals surface area contributed by atoms with Gasteiger partial charge in [0.15, 0.2) is 0 Å². The van der Waals surface area contributed by atoms with E-state index >= 15 is 0 Å². The Balaban J connectivity index is 3.05. The summed E-state index contributed by atoms with van der Waals surface area (Å²) < 4.78 is 6.14. The van der Waals surface area contributed by atoms with E-state index in [1.807, 2.05) is 32.2 Å². The Bertz CT molecular complexity index is 330. The van der Waals surface area contributed by atoms with Gasteiger partial charge in [-0.3, -0.25) is 0 Å². The summed E-state index contributed by atoms with van der Waals surface area (Å²) in [6.07, 6.45) is -0.581. The molecule has 0 aliphatic heterocycles. The van der Waals surface area contributed by atoms with Crippen LogP contribution in [-0.4, -0.2) is 25.3 Å². The Labute approximate surface area is 98.6 Å². The molecule has 1 aromatic carbocycles. The van der Waals surface area contributed by atoms with E-state index in [-0.39, 0.29) is 6.04 Å². The third-order valence-electron chi connectivity index (χ3n) is 2.44. The standard InChI is InChI=1S/C11H16BrNO2/c1-7(13-2)11(14)9-6-8(12)4-5-10(9)15-3/h4-7,11,13-14H,1-3H3. The molecule has 15 heavy (non-hydrogen) atoms. The highest BCUT2D eigenvalue weighted by Gasteiger charge is 2.18. The summed E-state index contributed by atoms with van der Waals surface area (Å²) in [7, 11) is 3.42. The molecule has 0 saturated heterocycles. The Hall–Kier alpha value is -0.580. The van der Waals surface area contributed by atoms with Gasteiger partial charge in [0.25, 0.3) is 0 Å². The summed E-state index contributed by atoms with van der Waals surface area (Å²) in [6, 6.07) is 5.58. The number of rotatable bonds is 4. The summed E-state index contributed by atoms with van der Waals surface area (Å²) in [5.74, 6) is 0.702. The van der Waals surface area contributed by atoms with Crippen molar-refractivity contribution < 1.29 is 9.84 Å². The maximum atomic E-state index is 10.1. The van der Waals surface area contributed by atoms with Crippen LogP contribution in [0.4, 0.5) is 0 Å². The van der Waals surface area contributed by atoms with Crippen LogP contribution in [0.5, 0.6) is 5.75 Å². The lowest BCUT2D eigenvalue weighted by molar-refractivity contribution is 0.136. The van der Waals surface area contributed by atoms with E-state index < -0.39 is 6.10 Å². The van der Waals surface area contributed by atoms with Gasteiger partial charge in [-0.1, -0.05) is 15.9 Å². The number of hydrogen-bond donors (Lipinski definition) is 2. The Kier molecular flexibility index (Phi) is 4.57. The normalized spacial score (nSPS) is 14.7. The molecule has 1 rings (SSSR count). The number of benzene rings is 1. The fourth-order valence-electron chi connectivity index (χ4n) is 1.36. The molecular formula is C11H16BrNO2. The zero-order valence-electron chi connectivity index (χ0n) is 9.12. The van der Waals surface area contributed by atoms with Gasteiger partial charge >= 0.3 is 0 Å². The van der Waals surface area contributed by atoms with E-state index in [1.54, 1.807) is 7.11 Å². The molecule has 0 heterocycles. The zero-order chi connectivity index (χ0) is 11.4. The van der Waals surface area contributed by atoms with Crippen LogP contribution in [0.3, 0.4) is 0 Å². The summed E-state index contributed by atoms with van der Waals surface area (Å²) in [6.45, 7) is 1.92. The van der Waals surface area contributed by atoms with Crippen molar-refractivity contribution in [2.24, 2.45) is 0 Å². The summed E-state index contributed by atoms with van der Waals surface area (Å²) >= 11 is 3.38. The first-order valence-corrected chi connectivity index (χ1v) is 5.58. The molecule has 2 atom stereocenters. The molecule has 0 spiro atoms. The molecule has 0 radical (unpaired) electrons. The first-order chi connectivity index (χ1) is 7.10. The van der Waals surface area contributed by atoms with E-state index in [9.17, 15) is 5.11 Å². The smallest absolute Gasteiger partial charge is 0.124 e. The molecule has 0 aliphatic rings. The summed E-state index contributed by atoms with van der Waals surface area (Å²) in [5.41, 5.74) is 0.786. The van der Waals surface area contributed by atoms with E-state index in [2.05, 4.69) is 21.2 Å². The van der Waals surface area contributed by atoms with Crippen molar-refractivity contribution in [3.8, 4) is 5.75 Å². The molecule has 3 nitrogen and oxygen atoms in total. The quantitative estimate of drug-likeness (QED) is 0.883. The highest BCUT2D eigenvalue weighted by molar-refractivity contribution is 9.10. The minimum absolute atomic E-state index is 0.0202. The number of hydrogen-bond acceptors (Lipinski definition) is 3. The molecule has 0 amide bonds. The number of methoxy groups -OCH3 is 1. The minimum atomic E-state index is -0.581. The Morgan fingerprint density at radius 3 is 2.67 bits per heavy atom. The van der Waals surface area contributed by atoms with E-state index in [4.69, 9.17) is 4.74 Å². The molecule has 0 saturated carbocycles. The monoisotopic (exact) mass is 273 g/mol. The van der Waals surface area contributed by atoms with Crippen molar-refractivity contribution in [1.82, 2.24) is 5.32 Å². The predicted molar refractivity (Wildman–Crippen MR) is 64.2 cm³/mol. The second-order valence-electron chi connectivity index (χ2n) is 3.41. The van der Waals surface area contributed by atoms with E-state index in [0.29, 0.717) is 5.75 Å².